The molecule has 2 aromatic carbocycles. The quantitative estimate of drug-likeness (QED) is 0.619. The second-order valence-corrected chi connectivity index (χ2v) is 6.22. The van der Waals surface area contributed by atoms with E-state index in [1.807, 2.05) is 6.07 Å². The maximum Gasteiger partial charge on any atom is 0.321 e. The Kier molecular flexibility index (Phi) is 7.90. The summed E-state index contributed by atoms with van der Waals surface area (Å²) in [4.78, 5) is 48.1. The van der Waals surface area contributed by atoms with Crippen molar-refractivity contribution >= 4 is 23.8 Å². The highest BCUT2D eigenvalue weighted by Gasteiger charge is 2.28. The Balaban J connectivity index is 2.18. The minimum absolute atomic E-state index is 0.180. The number of urea groups is 1. The molecule has 29 heavy (non-hydrogen) atoms. The van der Waals surface area contributed by atoms with Crippen LogP contribution in [0, 0.1) is 0 Å². The number of rotatable bonds is 7. The van der Waals surface area contributed by atoms with Gasteiger partial charge in [-0.05, 0) is 5.56 Å². The van der Waals surface area contributed by atoms with E-state index in [1.165, 1.54) is 14.0 Å². The van der Waals surface area contributed by atoms with Gasteiger partial charge in [0.15, 0.2) is 0 Å². The van der Waals surface area contributed by atoms with Crippen molar-refractivity contribution in [3.05, 3.63) is 71.8 Å². The molecule has 4 amide bonds. The van der Waals surface area contributed by atoms with Gasteiger partial charge in [-0.15, -0.1) is 0 Å². The highest BCUT2D eigenvalue weighted by molar-refractivity contribution is 5.97. The van der Waals surface area contributed by atoms with E-state index in [1.54, 1.807) is 54.6 Å². The van der Waals surface area contributed by atoms with Gasteiger partial charge in [0.2, 0.25) is 12.0 Å². The fourth-order valence-electron chi connectivity index (χ4n) is 2.67. The Morgan fingerprint density at radius 1 is 0.897 bits per heavy atom. The van der Waals surface area contributed by atoms with Gasteiger partial charge in [-0.2, -0.15) is 0 Å². The summed E-state index contributed by atoms with van der Waals surface area (Å²) >= 11 is 0. The molecule has 2 aromatic rings. The Morgan fingerprint density at radius 2 is 1.45 bits per heavy atom. The number of hydrogen-bond acceptors (Lipinski definition) is 5. The average molecular weight is 397 g/mol. The van der Waals surface area contributed by atoms with Gasteiger partial charge >= 0.3 is 12.0 Å². The first kappa shape index (κ1) is 21.6. The van der Waals surface area contributed by atoms with Crippen LogP contribution in [-0.4, -0.2) is 30.9 Å². The average Bonchev–Trinajstić information content (AvgIpc) is 2.72. The Bertz CT molecular complexity index is 855. The minimum atomic E-state index is -1.31. The molecule has 0 heterocycles. The van der Waals surface area contributed by atoms with Crippen molar-refractivity contribution in [2.75, 3.05) is 7.05 Å². The van der Waals surface area contributed by atoms with Crippen LogP contribution in [0.5, 0.6) is 0 Å². The molecular formula is C21H23N3O5. The number of esters is 1. The predicted octanol–water partition coefficient (Wildman–Crippen LogP) is 1.99. The van der Waals surface area contributed by atoms with Gasteiger partial charge < -0.3 is 15.4 Å². The molecule has 0 fully saturated rings. The maximum absolute atomic E-state index is 12.6. The standard InChI is InChI=1S/C21H23N3O5/c1-14(25)23-17(15-9-5-3-6-10-15)13-18(26)29-19(16-11-7-4-8-12-16)20(27)24-21(28)22-2/h3-12,17,19H,13H2,1-2H3,(H,23,25)(H2,22,24,27,28)/t17-,19-/m1/s1. The summed E-state index contributed by atoms with van der Waals surface area (Å²) < 4.78 is 5.40. The number of benzene rings is 2. The summed E-state index contributed by atoms with van der Waals surface area (Å²) in [7, 11) is 1.37. The monoisotopic (exact) mass is 397 g/mol. The molecule has 8 heteroatoms. The van der Waals surface area contributed by atoms with Crippen molar-refractivity contribution in [1.29, 1.82) is 0 Å². The highest BCUT2D eigenvalue weighted by Crippen LogP contribution is 2.22. The van der Waals surface area contributed by atoms with E-state index < -0.39 is 30.1 Å². The SMILES string of the molecule is CNC(=O)NC(=O)[C@H](OC(=O)C[C@@H](NC(C)=O)c1ccccc1)c1ccccc1. The lowest BCUT2D eigenvalue weighted by atomic mass is 10.0. The Labute approximate surface area is 168 Å². The molecule has 0 bridgehead atoms. The van der Waals surface area contributed by atoms with E-state index in [0.29, 0.717) is 5.56 Å². The molecular weight excluding hydrogens is 374 g/mol. The van der Waals surface area contributed by atoms with Crippen molar-refractivity contribution in [1.82, 2.24) is 16.0 Å². The van der Waals surface area contributed by atoms with Crippen LogP contribution < -0.4 is 16.0 Å². The lowest BCUT2D eigenvalue weighted by molar-refractivity contribution is -0.156. The largest absolute Gasteiger partial charge is 0.447 e. The number of ether oxygens (including phenoxy) is 1. The lowest BCUT2D eigenvalue weighted by Crippen LogP contribution is -2.41. The normalized spacial score (nSPS) is 12.2. The second-order valence-electron chi connectivity index (χ2n) is 6.22. The molecule has 0 saturated heterocycles. The molecule has 0 aromatic heterocycles. The smallest absolute Gasteiger partial charge is 0.321 e. The zero-order valence-electron chi connectivity index (χ0n) is 16.2. The summed E-state index contributed by atoms with van der Waals surface area (Å²) in [6.45, 7) is 1.35. The number of amides is 4. The van der Waals surface area contributed by atoms with Crippen molar-refractivity contribution in [3.8, 4) is 0 Å². The second kappa shape index (κ2) is 10.6. The summed E-state index contributed by atoms with van der Waals surface area (Å²) in [5, 5.41) is 7.09. The van der Waals surface area contributed by atoms with Gasteiger partial charge in [0.1, 0.15) is 0 Å². The lowest BCUT2D eigenvalue weighted by Gasteiger charge is -2.21. The maximum atomic E-state index is 12.6. The number of imide groups is 1. The van der Waals surface area contributed by atoms with E-state index in [2.05, 4.69) is 16.0 Å². The van der Waals surface area contributed by atoms with E-state index in [-0.39, 0.29) is 12.3 Å². The van der Waals surface area contributed by atoms with Crippen molar-refractivity contribution in [2.24, 2.45) is 0 Å². The number of nitrogens with one attached hydrogen (secondary N) is 3. The fourth-order valence-corrected chi connectivity index (χ4v) is 2.67. The molecule has 0 radical (unpaired) electrons. The van der Waals surface area contributed by atoms with Gasteiger partial charge in [-0.3, -0.25) is 19.7 Å². The van der Waals surface area contributed by atoms with Crippen LogP contribution in [0.3, 0.4) is 0 Å². The molecule has 8 nitrogen and oxygen atoms in total. The van der Waals surface area contributed by atoms with E-state index in [4.69, 9.17) is 4.74 Å². The summed E-state index contributed by atoms with van der Waals surface area (Å²) in [5.74, 6) is -1.78. The molecule has 0 spiro atoms. The molecule has 0 aliphatic rings. The molecule has 0 saturated carbocycles. The van der Waals surface area contributed by atoms with E-state index >= 15 is 0 Å². The predicted molar refractivity (Wildman–Crippen MR) is 105 cm³/mol. The third-order valence-electron chi connectivity index (χ3n) is 4.00. The van der Waals surface area contributed by atoms with E-state index in [9.17, 15) is 19.2 Å². The number of carbonyl (C=O) groups excluding carboxylic acids is 4. The third-order valence-corrected chi connectivity index (χ3v) is 4.00. The summed E-state index contributed by atoms with van der Waals surface area (Å²) in [6.07, 6.45) is -1.49. The molecule has 0 unspecified atom stereocenters. The molecule has 0 aliphatic heterocycles. The molecule has 0 aliphatic carbocycles. The third kappa shape index (κ3) is 6.76. The van der Waals surface area contributed by atoms with Crippen LogP contribution in [0.2, 0.25) is 0 Å². The van der Waals surface area contributed by atoms with Crippen molar-refractivity contribution in [3.63, 3.8) is 0 Å². The molecule has 152 valence electrons. The van der Waals surface area contributed by atoms with Crippen molar-refractivity contribution < 1.29 is 23.9 Å². The van der Waals surface area contributed by atoms with Crippen LogP contribution >= 0.6 is 0 Å². The zero-order valence-corrected chi connectivity index (χ0v) is 16.2. The van der Waals surface area contributed by atoms with Crippen LogP contribution in [0.25, 0.3) is 0 Å². The zero-order chi connectivity index (χ0) is 21.2. The number of hydrogen-bond donors (Lipinski definition) is 3. The summed E-state index contributed by atoms with van der Waals surface area (Å²) in [6, 6.07) is 16.0. The van der Waals surface area contributed by atoms with Crippen LogP contribution in [0.1, 0.15) is 36.6 Å². The van der Waals surface area contributed by atoms with Gasteiger partial charge in [0, 0.05) is 19.5 Å². The summed E-state index contributed by atoms with van der Waals surface area (Å²) in [5.41, 5.74) is 1.14. The van der Waals surface area contributed by atoms with Gasteiger partial charge in [-0.1, -0.05) is 60.7 Å². The van der Waals surface area contributed by atoms with E-state index in [0.717, 1.165) is 5.56 Å². The van der Waals surface area contributed by atoms with Gasteiger partial charge in [0.25, 0.3) is 5.91 Å². The fraction of sp³-hybridized carbons (Fsp3) is 0.238. The topological polar surface area (TPSA) is 114 Å². The van der Waals surface area contributed by atoms with Crippen LogP contribution in [-0.2, 0) is 19.1 Å². The molecule has 2 rings (SSSR count). The first-order chi connectivity index (χ1) is 13.9. The van der Waals surface area contributed by atoms with Gasteiger partial charge in [0.05, 0.1) is 12.5 Å². The molecule has 2 atom stereocenters. The Morgan fingerprint density at radius 3 is 1.97 bits per heavy atom. The molecule has 3 N–H and O–H groups in total. The Hall–Kier alpha value is -3.68. The van der Waals surface area contributed by atoms with Crippen LogP contribution in [0.4, 0.5) is 4.79 Å². The van der Waals surface area contributed by atoms with Gasteiger partial charge in [-0.25, -0.2) is 4.79 Å². The number of carbonyl (C=O) groups is 4. The highest BCUT2D eigenvalue weighted by atomic mass is 16.5. The minimum Gasteiger partial charge on any atom is -0.447 e. The van der Waals surface area contributed by atoms with Crippen molar-refractivity contribution in [2.45, 2.75) is 25.5 Å². The first-order valence-corrected chi connectivity index (χ1v) is 8.99. The first-order valence-electron chi connectivity index (χ1n) is 8.99. The van der Waals surface area contributed by atoms with Crippen LogP contribution in [0.15, 0.2) is 60.7 Å².